The third-order valence-electron chi connectivity index (χ3n) is 6.59. The van der Waals surface area contributed by atoms with Gasteiger partial charge >= 0.3 is 12.1 Å². The summed E-state index contributed by atoms with van der Waals surface area (Å²) in [4.78, 5) is 40.0. The van der Waals surface area contributed by atoms with Crippen molar-refractivity contribution in [2.75, 3.05) is 26.2 Å². The molecule has 2 aromatic carbocycles. The van der Waals surface area contributed by atoms with Crippen molar-refractivity contribution in [2.45, 2.75) is 25.1 Å². The van der Waals surface area contributed by atoms with Crippen molar-refractivity contribution < 1.29 is 32.7 Å². The summed E-state index contributed by atoms with van der Waals surface area (Å²) < 4.78 is 36.6. The van der Waals surface area contributed by atoms with Gasteiger partial charge in [0.2, 0.25) is 11.8 Å². The zero-order valence-corrected chi connectivity index (χ0v) is 21.1. The number of carbonyl (C=O) groups excluding carboxylic acids is 2. The van der Waals surface area contributed by atoms with Gasteiger partial charge in [0, 0.05) is 37.6 Å². The second-order valence-corrected chi connectivity index (χ2v) is 10.2. The van der Waals surface area contributed by atoms with Gasteiger partial charge in [-0.05, 0) is 41.8 Å². The molecule has 3 aromatic rings. The lowest BCUT2D eigenvalue weighted by atomic mass is 9.77. The van der Waals surface area contributed by atoms with Crippen LogP contribution in [0, 0.1) is 0 Å². The maximum atomic E-state index is 12.7. The third kappa shape index (κ3) is 6.22. The average molecular weight is 546 g/mol. The molecule has 2 amide bonds. The van der Waals surface area contributed by atoms with E-state index in [1.807, 2.05) is 23.1 Å². The summed E-state index contributed by atoms with van der Waals surface area (Å²) in [6, 6.07) is 16.1. The molecule has 5 rings (SSSR count). The predicted octanol–water partition coefficient (Wildman–Crippen LogP) is 4.23. The van der Waals surface area contributed by atoms with Gasteiger partial charge in [0.05, 0.1) is 17.0 Å². The van der Waals surface area contributed by atoms with Crippen LogP contribution in [0.1, 0.15) is 47.5 Å². The molecule has 0 radical (unpaired) electrons. The van der Waals surface area contributed by atoms with Crippen LogP contribution in [0.5, 0.6) is 0 Å². The maximum absolute atomic E-state index is 12.7. The highest BCUT2D eigenvalue weighted by Gasteiger charge is 2.36. The summed E-state index contributed by atoms with van der Waals surface area (Å²) in [7, 11) is 0. The molecule has 7 nitrogen and oxygen atoms in total. The van der Waals surface area contributed by atoms with Crippen molar-refractivity contribution in [2.24, 2.45) is 5.73 Å². The number of piperazine rings is 1. The summed E-state index contributed by atoms with van der Waals surface area (Å²) in [5, 5.41) is 9.00. The number of nitrogens with zero attached hydrogens (tertiary/aromatic N) is 2. The number of halogens is 3. The molecule has 0 bridgehead atoms. The molecule has 1 aliphatic carbocycles. The zero-order valence-electron chi connectivity index (χ0n) is 20.3. The lowest BCUT2D eigenvalue weighted by molar-refractivity contribution is -0.138. The second-order valence-electron chi connectivity index (χ2n) is 9.04. The Morgan fingerprint density at radius 3 is 2.18 bits per heavy atom. The van der Waals surface area contributed by atoms with E-state index in [1.54, 1.807) is 6.07 Å². The van der Waals surface area contributed by atoms with Gasteiger partial charge in [0.1, 0.15) is 4.88 Å². The predicted molar refractivity (Wildman–Crippen MR) is 136 cm³/mol. The van der Waals surface area contributed by atoms with E-state index < -0.39 is 29.2 Å². The van der Waals surface area contributed by atoms with Crippen LogP contribution in [0.15, 0.2) is 60.7 Å². The highest BCUT2D eigenvalue weighted by atomic mass is 32.1. The Labute approximate surface area is 221 Å². The summed E-state index contributed by atoms with van der Waals surface area (Å²) in [6.45, 7) is 3.91. The molecular weight excluding hydrogens is 519 g/mol. The summed E-state index contributed by atoms with van der Waals surface area (Å²) in [5.74, 6) is -1.65. The van der Waals surface area contributed by atoms with Crippen LogP contribution in [0.4, 0.5) is 13.2 Å². The number of carboxylic acids is 1. The van der Waals surface area contributed by atoms with Gasteiger partial charge < -0.3 is 15.7 Å². The van der Waals surface area contributed by atoms with Crippen molar-refractivity contribution in [3.63, 3.8) is 0 Å². The zero-order chi connectivity index (χ0) is 27.4. The number of carboxylic acid groups (broad SMARTS) is 1. The number of aromatic carboxylic acids is 1. The van der Waals surface area contributed by atoms with Gasteiger partial charge in [0.25, 0.3) is 0 Å². The number of primary amides is 1. The van der Waals surface area contributed by atoms with Gasteiger partial charge in [-0.3, -0.25) is 14.5 Å². The standard InChI is InChI=1S/C19H20N2O3S.C8H6F3NO/c22-18(16-11-13-3-1-2-4-15(13)16)21-9-7-20(8-10-21)12-14-5-6-17(25-14)19(23)24;9-8(10,11)6-4-2-1-3-5(6)7(12)13/h1-6,16H,7-12H2,(H,23,24);1-4H,(H2,12,13). The van der Waals surface area contributed by atoms with Gasteiger partial charge in [0.15, 0.2) is 0 Å². The number of hydrogen-bond acceptors (Lipinski definition) is 5. The number of rotatable bonds is 5. The maximum Gasteiger partial charge on any atom is 0.417 e. The van der Waals surface area contributed by atoms with Crippen LogP contribution in [0.3, 0.4) is 0 Å². The Hall–Kier alpha value is -3.70. The number of alkyl halides is 3. The molecule has 1 saturated heterocycles. The molecule has 0 spiro atoms. The van der Waals surface area contributed by atoms with Crippen LogP contribution < -0.4 is 5.73 Å². The molecule has 3 N–H and O–H groups in total. The van der Waals surface area contributed by atoms with E-state index in [1.165, 1.54) is 34.6 Å². The number of amides is 2. The molecular formula is C27H26F3N3O4S. The smallest absolute Gasteiger partial charge is 0.417 e. The molecule has 0 saturated carbocycles. The molecule has 2 aliphatic rings. The molecule has 38 heavy (non-hydrogen) atoms. The Morgan fingerprint density at radius 1 is 0.947 bits per heavy atom. The van der Waals surface area contributed by atoms with Gasteiger partial charge in [-0.1, -0.05) is 36.4 Å². The van der Waals surface area contributed by atoms with Crippen LogP contribution in [0.2, 0.25) is 0 Å². The number of carbonyl (C=O) groups is 3. The summed E-state index contributed by atoms with van der Waals surface area (Å²) in [6.07, 6.45) is -3.67. The molecule has 1 aliphatic heterocycles. The van der Waals surface area contributed by atoms with Crippen molar-refractivity contribution in [3.05, 3.63) is 92.7 Å². The van der Waals surface area contributed by atoms with E-state index in [2.05, 4.69) is 17.0 Å². The summed E-state index contributed by atoms with van der Waals surface area (Å²) in [5.41, 5.74) is 5.76. The van der Waals surface area contributed by atoms with E-state index in [4.69, 9.17) is 10.8 Å². The minimum atomic E-state index is -4.54. The number of benzene rings is 2. The van der Waals surface area contributed by atoms with Crippen LogP contribution in [0.25, 0.3) is 0 Å². The SMILES string of the molecule is NC(=O)c1ccccc1C(F)(F)F.O=C(O)c1ccc(CN2CCN(C(=O)C3Cc4ccccc43)CC2)s1. The van der Waals surface area contributed by atoms with Crippen LogP contribution >= 0.6 is 11.3 Å². The highest BCUT2D eigenvalue weighted by Crippen LogP contribution is 2.36. The van der Waals surface area contributed by atoms with Crippen molar-refractivity contribution in [3.8, 4) is 0 Å². The van der Waals surface area contributed by atoms with Crippen molar-refractivity contribution in [1.82, 2.24) is 9.80 Å². The quantitative estimate of drug-likeness (QED) is 0.499. The first kappa shape index (κ1) is 27.3. The number of nitrogens with two attached hydrogens (primary N) is 1. The fraction of sp³-hybridized carbons (Fsp3) is 0.296. The van der Waals surface area contributed by atoms with Crippen LogP contribution in [-0.2, 0) is 23.9 Å². The van der Waals surface area contributed by atoms with E-state index >= 15 is 0 Å². The Morgan fingerprint density at radius 2 is 1.61 bits per heavy atom. The van der Waals surface area contributed by atoms with Gasteiger partial charge in [-0.2, -0.15) is 13.2 Å². The molecule has 1 unspecified atom stereocenters. The largest absolute Gasteiger partial charge is 0.477 e. The Balaban J connectivity index is 0.000000219. The number of thiophene rings is 1. The first-order chi connectivity index (χ1) is 18.0. The number of hydrogen-bond donors (Lipinski definition) is 2. The van der Waals surface area contributed by atoms with E-state index in [0.717, 1.165) is 56.2 Å². The molecule has 11 heteroatoms. The van der Waals surface area contributed by atoms with E-state index in [9.17, 15) is 27.6 Å². The minimum Gasteiger partial charge on any atom is -0.477 e. The molecule has 200 valence electrons. The first-order valence-electron chi connectivity index (χ1n) is 11.9. The molecule has 1 aromatic heterocycles. The fourth-order valence-corrected chi connectivity index (χ4v) is 5.46. The summed E-state index contributed by atoms with van der Waals surface area (Å²) >= 11 is 1.33. The second kappa shape index (κ2) is 11.4. The van der Waals surface area contributed by atoms with E-state index in [-0.39, 0.29) is 11.8 Å². The lowest BCUT2D eigenvalue weighted by Gasteiger charge is -2.39. The van der Waals surface area contributed by atoms with E-state index in [0.29, 0.717) is 4.88 Å². The van der Waals surface area contributed by atoms with Gasteiger partial charge in [-0.25, -0.2) is 4.79 Å². The van der Waals surface area contributed by atoms with Crippen molar-refractivity contribution >= 4 is 29.1 Å². The fourth-order valence-electron chi connectivity index (χ4n) is 4.57. The normalized spacial score (nSPS) is 17.0. The van der Waals surface area contributed by atoms with Crippen LogP contribution in [-0.4, -0.2) is 58.9 Å². The first-order valence-corrected chi connectivity index (χ1v) is 12.7. The number of fused-ring (bicyclic) bond motifs is 1. The minimum absolute atomic E-state index is 0.0400. The Bertz CT molecular complexity index is 1330. The topological polar surface area (TPSA) is 104 Å². The monoisotopic (exact) mass is 545 g/mol. The highest BCUT2D eigenvalue weighted by molar-refractivity contribution is 7.13. The molecule has 1 fully saturated rings. The Kier molecular flexibility index (Phi) is 8.17. The molecule has 1 atom stereocenters. The lowest BCUT2D eigenvalue weighted by Crippen LogP contribution is -2.50. The van der Waals surface area contributed by atoms with Crippen molar-refractivity contribution in [1.29, 1.82) is 0 Å². The van der Waals surface area contributed by atoms with Gasteiger partial charge in [-0.15, -0.1) is 11.3 Å². The molecule has 2 heterocycles. The third-order valence-corrected chi connectivity index (χ3v) is 7.64. The average Bonchev–Trinajstić information content (AvgIpc) is 3.34.